The maximum absolute atomic E-state index is 12.3. The topological polar surface area (TPSA) is 74.3 Å². The minimum atomic E-state index is -0.516. The molecule has 1 saturated heterocycles. The SMILES string of the molecule is Cc1cc(=O)cc(C(=O)N2CCCC(C)(C#N)C2)o1. The van der Waals surface area contributed by atoms with E-state index in [0.29, 0.717) is 18.8 Å². The number of hydrogen-bond acceptors (Lipinski definition) is 4. The van der Waals surface area contributed by atoms with E-state index in [9.17, 15) is 9.59 Å². The van der Waals surface area contributed by atoms with Crippen LogP contribution in [0.1, 0.15) is 36.1 Å². The quantitative estimate of drug-likeness (QED) is 0.770. The Kier molecular flexibility index (Phi) is 3.43. The first-order chi connectivity index (χ1) is 8.93. The minimum Gasteiger partial charge on any atom is -0.456 e. The van der Waals surface area contributed by atoms with Crippen molar-refractivity contribution >= 4 is 5.91 Å². The number of aryl methyl sites for hydroxylation is 1. The summed E-state index contributed by atoms with van der Waals surface area (Å²) >= 11 is 0. The fourth-order valence-electron chi connectivity index (χ4n) is 2.37. The van der Waals surface area contributed by atoms with Crippen LogP contribution in [0.15, 0.2) is 21.3 Å². The Bertz CT molecular complexity index is 599. The zero-order chi connectivity index (χ0) is 14.0. The fraction of sp³-hybridized carbons (Fsp3) is 0.500. The predicted octanol–water partition coefficient (Wildman–Crippen LogP) is 1.71. The first-order valence-electron chi connectivity index (χ1n) is 6.26. The fourth-order valence-corrected chi connectivity index (χ4v) is 2.37. The number of carbonyl (C=O) groups is 1. The number of amides is 1. The van der Waals surface area contributed by atoms with Crippen molar-refractivity contribution in [2.75, 3.05) is 13.1 Å². The van der Waals surface area contributed by atoms with Crippen LogP contribution in [0.4, 0.5) is 0 Å². The Morgan fingerprint density at radius 1 is 1.53 bits per heavy atom. The zero-order valence-corrected chi connectivity index (χ0v) is 11.1. The second-order valence-corrected chi connectivity index (χ2v) is 5.27. The highest BCUT2D eigenvalue weighted by Gasteiger charge is 2.34. The molecule has 0 radical (unpaired) electrons. The van der Waals surface area contributed by atoms with Crippen molar-refractivity contribution in [2.24, 2.45) is 5.41 Å². The smallest absolute Gasteiger partial charge is 0.289 e. The highest BCUT2D eigenvalue weighted by Crippen LogP contribution is 2.29. The summed E-state index contributed by atoms with van der Waals surface area (Å²) in [6, 6.07) is 4.79. The lowest BCUT2D eigenvalue weighted by atomic mass is 9.83. The van der Waals surface area contributed by atoms with Crippen LogP contribution in [0.3, 0.4) is 0 Å². The first kappa shape index (κ1) is 13.3. The van der Waals surface area contributed by atoms with Crippen molar-refractivity contribution in [1.82, 2.24) is 4.90 Å². The molecule has 0 spiro atoms. The maximum atomic E-state index is 12.3. The Balaban J connectivity index is 2.25. The number of hydrogen-bond donors (Lipinski definition) is 0. The summed E-state index contributed by atoms with van der Waals surface area (Å²) in [6.07, 6.45) is 1.57. The van der Waals surface area contributed by atoms with Gasteiger partial charge < -0.3 is 9.32 Å². The third kappa shape index (κ3) is 2.84. The molecule has 5 nitrogen and oxygen atoms in total. The van der Waals surface area contributed by atoms with Crippen molar-refractivity contribution in [3.63, 3.8) is 0 Å². The normalized spacial score (nSPS) is 22.9. The zero-order valence-electron chi connectivity index (χ0n) is 11.1. The molecule has 19 heavy (non-hydrogen) atoms. The van der Waals surface area contributed by atoms with Gasteiger partial charge in [-0.05, 0) is 26.7 Å². The molecule has 1 amide bonds. The monoisotopic (exact) mass is 260 g/mol. The van der Waals surface area contributed by atoms with Crippen LogP contribution in [0.2, 0.25) is 0 Å². The van der Waals surface area contributed by atoms with Gasteiger partial charge in [0.25, 0.3) is 5.91 Å². The lowest BCUT2D eigenvalue weighted by Gasteiger charge is -2.35. The van der Waals surface area contributed by atoms with Crippen LogP contribution >= 0.6 is 0 Å². The summed E-state index contributed by atoms with van der Waals surface area (Å²) in [7, 11) is 0. The molecular formula is C14H16N2O3. The van der Waals surface area contributed by atoms with Crippen molar-refractivity contribution in [1.29, 1.82) is 5.26 Å². The van der Waals surface area contributed by atoms with Gasteiger partial charge in [-0.2, -0.15) is 5.26 Å². The Hall–Kier alpha value is -2.09. The summed E-state index contributed by atoms with van der Waals surface area (Å²) in [6.45, 7) is 4.44. The van der Waals surface area contributed by atoms with E-state index >= 15 is 0 Å². The Morgan fingerprint density at radius 2 is 2.26 bits per heavy atom. The highest BCUT2D eigenvalue weighted by molar-refractivity contribution is 5.91. The van der Waals surface area contributed by atoms with Crippen LogP contribution < -0.4 is 5.43 Å². The summed E-state index contributed by atoms with van der Waals surface area (Å²) in [5.74, 6) is 0.144. The second kappa shape index (κ2) is 4.88. The number of nitrogens with zero attached hydrogens (tertiary/aromatic N) is 2. The number of nitriles is 1. The van der Waals surface area contributed by atoms with E-state index < -0.39 is 5.41 Å². The van der Waals surface area contributed by atoms with E-state index in [4.69, 9.17) is 9.68 Å². The van der Waals surface area contributed by atoms with Crippen molar-refractivity contribution in [3.05, 3.63) is 33.9 Å². The number of rotatable bonds is 1. The van der Waals surface area contributed by atoms with E-state index in [-0.39, 0.29) is 17.1 Å². The largest absolute Gasteiger partial charge is 0.456 e. The van der Waals surface area contributed by atoms with E-state index in [1.165, 1.54) is 12.1 Å². The van der Waals surface area contributed by atoms with E-state index in [1.54, 1.807) is 11.8 Å². The summed E-state index contributed by atoms with van der Waals surface area (Å²) in [5, 5.41) is 9.15. The molecule has 5 heteroatoms. The van der Waals surface area contributed by atoms with Gasteiger partial charge in [0.05, 0.1) is 11.5 Å². The van der Waals surface area contributed by atoms with Gasteiger partial charge in [-0.3, -0.25) is 9.59 Å². The van der Waals surface area contributed by atoms with Crippen molar-refractivity contribution in [3.8, 4) is 6.07 Å². The average molecular weight is 260 g/mol. The second-order valence-electron chi connectivity index (χ2n) is 5.27. The van der Waals surface area contributed by atoms with Gasteiger partial charge in [-0.25, -0.2) is 0 Å². The van der Waals surface area contributed by atoms with Crippen LogP contribution in [0.25, 0.3) is 0 Å². The van der Waals surface area contributed by atoms with Crippen LogP contribution in [0, 0.1) is 23.7 Å². The molecule has 1 aromatic rings. The molecule has 1 aliphatic heterocycles. The van der Waals surface area contributed by atoms with Gasteiger partial charge >= 0.3 is 0 Å². The van der Waals surface area contributed by atoms with Gasteiger partial charge in [-0.15, -0.1) is 0 Å². The van der Waals surface area contributed by atoms with Gasteiger partial charge in [0.1, 0.15) is 5.76 Å². The number of piperidine rings is 1. The van der Waals surface area contributed by atoms with Gasteiger partial charge in [0.2, 0.25) is 0 Å². The molecule has 0 aliphatic carbocycles. The molecule has 1 aromatic heterocycles. The standard InChI is InChI=1S/C14H16N2O3/c1-10-6-11(17)7-12(19-10)13(18)16-5-3-4-14(2,8-15)9-16/h6-7H,3-5,9H2,1-2H3. The lowest BCUT2D eigenvalue weighted by molar-refractivity contribution is 0.0594. The number of likely N-dealkylation sites (tertiary alicyclic amines) is 1. The molecule has 1 unspecified atom stereocenters. The lowest BCUT2D eigenvalue weighted by Crippen LogP contribution is -2.44. The molecule has 1 fully saturated rings. The third-order valence-electron chi connectivity index (χ3n) is 3.35. The Morgan fingerprint density at radius 3 is 2.89 bits per heavy atom. The maximum Gasteiger partial charge on any atom is 0.289 e. The van der Waals surface area contributed by atoms with E-state index in [1.807, 2.05) is 6.92 Å². The highest BCUT2D eigenvalue weighted by atomic mass is 16.3. The molecule has 0 N–H and O–H groups in total. The van der Waals surface area contributed by atoms with E-state index in [2.05, 4.69) is 6.07 Å². The van der Waals surface area contributed by atoms with E-state index in [0.717, 1.165) is 12.8 Å². The summed E-state index contributed by atoms with van der Waals surface area (Å²) in [4.78, 5) is 25.3. The summed E-state index contributed by atoms with van der Waals surface area (Å²) < 4.78 is 5.30. The molecular weight excluding hydrogens is 244 g/mol. The van der Waals surface area contributed by atoms with Gasteiger partial charge in [0.15, 0.2) is 11.2 Å². The van der Waals surface area contributed by atoms with Crippen LogP contribution in [-0.4, -0.2) is 23.9 Å². The molecule has 2 heterocycles. The predicted molar refractivity (Wildman–Crippen MR) is 68.6 cm³/mol. The van der Waals surface area contributed by atoms with Crippen molar-refractivity contribution < 1.29 is 9.21 Å². The molecule has 1 aliphatic rings. The van der Waals surface area contributed by atoms with Gasteiger partial charge in [-0.1, -0.05) is 0 Å². The molecule has 0 bridgehead atoms. The van der Waals surface area contributed by atoms with Crippen LogP contribution in [0.5, 0.6) is 0 Å². The first-order valence-corrected chi connectivity index (χ1v) is 6.26. The van der Waals surface area contributed by atoms with Crippen LogP contribution in [-0.2, 0) is 0 Å². The molecule has 1 atom stereocenters. The number of carbonyl (C=O) groups excluding carboxylic acids is 1. The Labute approximate surface area is 111 Å². The molecule has 2 rings (SSSR count). The third-order valence-corrected chi connectivity index (χ3v) is 3.35. The average Bonchev–Trinajstić information content (AvgIpc) is 2.37. The van der Waals surface area contributed by atoms with Crippen molar-refractivity contribution in [2.45, 2.75) is 26.7 Å². The molecule has 0 saturated carbocycles. The van der Waals surface area contributed by atoms with Gasteiger partial charge in [0, 0.05) is 25.2 Å². The summed E-state index contributed by atoms with van der Waals surface area (Å²) in [5.41, 5.74) is -0.759. The molecule has 100 valence electrons. The minimum absolute atomic E-state index is 0.0483. The molecule has 0 aromatic carbocycles.